The summed E-state index contributed by atoms with van der Waals surface area (Å²) in [5, 5.41) is 7.88. The van der Waals surface area contributed by atoms with Crippen LogP contribution in [0.5, 0.6) is 0 Å². The lowest BCUT2D eigenvalue weighted by molar-refractivity contribution is 0.463. The number of nitrogens with zero attached hydrogens (tertiary/aromatic N) is 2. The molecule has 0 atom stereocenters. The maximum Gasteiger partial charge on any atom is 0.137 e. The van der Waals surface area contributed by atoms with Crippen molar-refractivity contribution in [1.29, 1.82) is 0 Å². The van der Waals surface area contributed by atoms with E-state index in [1.165, 1.54) is 31.7 Å². The van der Waals surface area contributed by atoms with E-state index in [1.807, 2.05) is 6.07 Å². The van der Waals surface area contributed by atoms with Crippen LogP contribution in [-0.2, 0) is 6.54 Å². The molecule has 0 radical (unpaired) electrons. The number of aromatic nitrogens is 2. The van der Waals surface area contributed by atoms with E-state index in [-0.39, 0.29) is 5.82 Å². The van der Waals surface area contributed by atoms with Gasteiger partial charge in [0.05, 0.1) is 22.8 Å². The molecule has 3 nitrogen and oxygen atoms in total. The first-order valence-corrected chi connectivity index (χ1v) is 7.74. The Morgan fingerprint density at radius 3 is 2.85 bits per heavy atom. The fourth-order valence-electron chi connectivity index (χ4n) is 2.64. The zero-order valence-corrected chi connectivity index (χ0v) is 12.7. The molecule has 1 aromatic heterocycles. The zero-order chi connectivity index (χ0) is 13.9. The van der Waals surface area contributed by atoms with Crippen molar-refractivity contribution < 1.29 is 4.39 Å². The summed E-state index contributed by atoms with van der Waals surface area (Å²) in [6.07, 6.45) is 7.15. The van der Waals surface area contributed by atoms with Gasteiger partial charge in [0.1, 0.15) is 5.82 Å². The number of anilines is 1. The van der Waals surface area contributed by atoms with Crippen molar-refractivity contribution in [2.45, 2.75) is 38.3 Å². The van der Waals surface area contributed by atoms with Crippen LogP contribution in [0.2, 0.25) is 0 Å². The fourth-order valence-corrected chi connectivity index (χ4v) is 3.02. The maximum absolute atomic E-state index is 13.1. The van der Waals surface area contributed by atoms with Gasteiger partial charge in [-0.2, -0.15) is 5.10 Å². The van der Waals surface area contributed by atoms with Crippen molar-refractivity contribution >= 4 is 21.6 Å². The predicted octanol–water partition coefficient (Wildman–Crippen LogP) is 4.51. The van der Waals surface area contributed by atoms with Gasteiger partial charge >= 0.3 is 0 Å². The second kappa shape index (κ2) is 5.95. The minimum Gasteiger partial charge on any atom is -0.379 e. The molecule has 0 spiro atoms. The fraction of sp³-hybridized carbons (Fsp3) is 0.400. The number of rotatable bonds is 4. The molecule has 0 amide bonds. The Hall–Kier alpha value is -1.36. The van der Waals surface area contributed by atoms with Gasteiger partial charge in [-0.15, -0.1) is 0 Å². The van der Waals surface area contributed by atoms with E-state index in [1.54, 1.807) is 12.1 Å². The monoisotopic (exact) mass is 337 g/mol. The summed E-state index contributed by atoms with van der Waals surface area (Å²) in [6, 6.07) is 7.54. The first-order valence-electron chi connectivity index (χ1n) is 6.95. The summed E-state index contributed by atoms with van der Waals surface area (Å²) in [5.41, 5.74) is 1.89. The van der Waals surface area contributed by atoms with E-state index in [2.05, 4.69) is 37.2 Å². The first-order chi connectivity index (χ1) is 9.72. The molecule has 1 N–H and O–H groups in total. The molecule has 2 aromatic rings. The Labute approximate surface area is 126 Å². The van der Waals surface area contributed by atoms with Crippen LogP contribution in [0, 0.1) is 5.82 Å². The normalized spacial score (nSPS) is 15.7. The van der Waals surface area contributed by atoms with Crippen molar-refractivity contribution in [3.63, 3.8) is 0 Å². The molecule has 106 valence electrons. The molecular formula is C15H17BrFN3. The van der Waals surface area contributed by atoms with Gasteiger partial charge in [0.25, 0.3) is 0 Å². The molecule has 3 rings (SSSR count). The summed E-state index contributed by atoms with van der Waals surface area (Å²) >= 11 is 3.19. The van der Waals surface area contributed by atoms with Crippen molar-refractivity contribution in [3.05, 3.63) is 46.4 Å². The van der Waals surface area contributed by atoms with Gasteiger partial charge in [0, 0.05) is 11.9 Å². The third-order valence-corrected chi connectivity index (χ3v) is 4.36. The molecule has 1 aliphatic carbocycles. The predicted molar refractivity (Wildman–Crippen MR) is 81.2 cm³/mol. The number of hydrogen-bond donors (Lipinski definition) is 1. The first kappa shape index (κ1) is 13.6. The highest BCUT2D eigenvalue weighted by Gasteiger charge is 2.17. The SMILES string of the molecule is Fc1ccc(NCc2ccn(C3CCCC3)n2)cc1Br. The van der Waals surface area contributed by atoms with Crippen LogP contribution in [0.4, 0.5) is 10.1 Å². The van der Waals surface area contributed by atoms with Gasteiger partial charge < -0.3 is 5.32 Å². The summed E-state index contributed by atoms with van der Waals surface area (Å²) in [4.78, 5) is 0. The van der Waals surface area contributed by atoms with Crippen molar-refractivity contribution in [1.82, 2.24) is 9.78 Å². The van der Waals surface area contributed by atoms with E-state index in [9.17, 15) is 4.39 Å². The Bertz CT molecular complexity index is 591. The van der Waals surface area contributed by atoms with Gasteiger partial charge in [-0.1, -0.05) is 12.8 Å². The molecule has 0 aliphatic heterocycles. The lowest BCUT2D eigenvalue weighted by Crippen LogP contribution is -2.07. The maximum atomic E-state index is 13.1. The summed E-state index contributed by atoms with van der Waals surface area (Å²) in [6.45, 7) is 0.651. The van der Waals surface area contributed by atoms with Gasteiger partial charge in [0.2, 0.25) is 0 Å². The Kier molecular flexibility index (Phi) is 4.05. The van der Waals surface area contributed by atoms with Crippen LogP contribution in [0.25, 0.3) is 0 Å². The molecule has 0 saturated heterocycles. The Morgan fingerprint density at radius 2 is 2.10 bits per heavy atom. The lowest BCUT2D eigenvalue weighted by Gasteiger charge is -2.09. The number of nitrogens with one attached hydrogen (secondary N) is 1. The van der Waals surface area contributed by atoms with Crippen molar-refractivity contribution in [2.24, 2.45) is 0 Å². The standard InChI is InChI=1S/C15H17BrFN3/c16-14-9-11(5-6-15(14)17)18-10-12-7-8-20(19-12)13-3-1-2-4-13/h5-9,13,18H,1-4,10H2. The van der Waals surface area contributed by atoms with Gasteiger partial charge in [0.15, 0.2) is 0 Å². The van der Waals surface area contributed by atoms with Crippen LogP contribution in [0.1, 0.15) is 37.4 Å². The molecule has 0 unspecified atom stereocenters. The highest BCUT2D eigenvalue weighted by atomic mass is 79.9. The molecule has 1 heterocycles. The number of halogens is 2. The van der Waals surface area contributed by atoms with Crippen LogP contribution >= 0.6 is 15.9 Å². The molecule has 1 aromatic carbocycles. The number of benzene rings is 1. The molecule has 1 fully saturated rings. The second-order valence-electron chi connectivity index (χ2n) is 5.21. The van der Waals surface area contributed by atoms with E-state index >= 15 is 0 Å². The van der Waals surface area contributed by atoms with Crippen LogP contribution in [0.3, 0.4) is 0 Å². The van der Waals surface area contributed by atoms with Crippen LogP contribution in [0.15, 0.2) is 34.9 Å². The minimum atomic E-state index is -0.249. The highest BCUT2D eigenvalue weighted by Crippen LogP contribution is 2.28. The second-order valence-corrected chi connectivity index (χ2v) is 6.06. The smallest absolute Gasteiger partial charge is 0.137 e. The van der Waals surface area contributed by atoms with Gasteiger partial charge in [-0.25, -0.2) is 4.39 Å². The Morgan fingerprint density at radius 1 is 1.30 bits per heavy atom. The summed E-state index contributed by atoms with van der Waals surface area (Å²) in [5.74, 6) is -0.249. The van der Waals surface area contributed by atoms with E-state index < -0.39 is 0 Å². The Balaban J connectivity index is 1.61. The minimum absolute atomic E-state index is 0.249. The molecule has 20 heavy (non-hydrogen) atoms. The van der Waals surface area contributed by atoms with Crippen LogP contribution in [-0.4, -0.2) is 9.78 Å². The zero-order valence-electron chi connectivity index (χ0n) is 11.1. The third-order valence-electron chi connectivity index (χ3n) is 3.76. The molecule has 0 bridgehead atoms. The topological polar surface area (TPSA) is 29.9 Å². The van der Waals surface area contributed by atoms with Crippen molar-refractivity contribution in [3.8, 4) is 0 Å². The lowest BCUT2D eigenvalue weighted by atomic mass is 10.3. The molecular weight excluding hydrogens is 321 g/mol. The largest absolute Gasteiger partial charge is 0.379 e. The van der Waals surface area contributed by atoms with E-state index in [0.717, 1.165) is 11.4 Å². The van der Waals surface area contributed by atoms with E-state index in [0.29, 0.717) is 17.1 Å². The summed E-state index contributed by atoms with van der Waals surface area (Å²) in [7, 11) is 0. The molecule has 5 heteroatoms. The van der Waals surface area contributed by atoms with Gasteiger partial charge in [-0.3, -0.25) is 4.68 Å². The summed E-state index contributed by atoms with van der Waals surface area (Å²) < 4.78 is 15.7. The van der Waals surface area contributed by atoms with Gasteiger partial charge in [-0.05, 0) is 53.0 Å². The average molecular weight is 338 g/mol. The molecule has 1 aliphatic rings. The quantitative estimate of drug-likeness (QED) is 0.889. The van der Waals surface area contributed by atoms with Crippen molar-refractivity contribution in [2.75, 3.05) is 5.32 Å². The van der Waals surface area contributed by atoms with E-state index in [4.69, 9.17) is 0 Å². The van der Waals surface area contributed by atoms with Crippen LogP contribution < -0.4 is 5.32 Å². The number of hydrogen-bond acceptors (Lipinski definition) is 2. The average Bonchev–Trinajstić information content (AvgIpc) is 3.09. The highest BCUT2D eigenvalue weighted by molar-refractivity contribution is 9.10. The molecule has 1 saturated carbocycles. The third kappa shape index (κ3) is 3.03.